The smallest absolute Gasteiger partial charge is 0.0375 e. The number of pyridine rings is 1. The second-order valence-corrected chi connectivity index (χ2v) is 3.39. The summed E-state index contributed by atoms with van der Waals surface area (Å²) in [6.07, 6.45) is 4.22. The first-order chi connectivity index (χ1) is 5.33. The van der Waals surface area contributed by atoms with Crippen LogP contribution in [0.2, 0.25) is 0 Å². The van der Waals surface area contributed by atoms with Crippen molar-refractivity contribution in [3.8, 4) is 0 Å². The molecule has 0 N–H and O–H groups in total. The Morgan fingerprint density at radius 2 is 2.36 bits per heavy atom. The third kappa shape index (κ3) is 3.02. The van der Waals surface area contributed by atoms with Crippen molar-refractivity contribution < 1.29 is 0 Å². The Morgan fingerprint density at radius 1 is 1.55 bits per heavy atom. The topological polar surface area (TPSA) is 12.9 Å². The Kier molecular flexibility index (Phi) is 3.57. The number of nitrogens with zero attached hydrogens (tertiary/aromatic N) is 1. The summed E-state index contributed by atoms with van der Waals surface area (Å²) in [7, 11) is 0. The van der Waals surface area contributed by atoms with Crippen LogP contribution in [0.3, 0.4) is 0 Å². The van der Waals surface area contributed by atoms with E-state index >= 15 is 0 Å². The van der Waals surface area contributed by atoms with E-state index in [2.05, 4.69) is 33.0 Å². The number of aromatic nitrogens is 1. The summed E-state index contributed by atoms with van der Waals surface area (Å²) in [5, 5.41) is 1.08. The maximum absolute atomic E-state index is 4.14. The Balaban J connectivity index is 2.56. The zero-order chi connectivity index (χ0) is 8.10. The lowest BCUT2D eigenvalue weighted by atomic mass is 10.1. The molecule has 0 saturated heterocycles. The van der Waals surface area contributed by atoms with Crippen LogP contribution < -0.4 is 0 Å². The highest BCUT2D eigenvalue weighted by molar-refractivity contribution is 9.09. The van der Waals surface area contributed by atoms with Gasteiger partial charge in [-0.25, -0.2) is 0 Å². The Hall–Kier alpha value is -0.370. The van der Waals surface area contributed by atoms with Crippen LogP contribution in [0.5, 0.6) is 0 Å². The normalized spacial score (nSPS) is 10.0. The first-order valence-electron chi connectivity index (χ1n) is 3.80. The van der Waals surface area contributed by atoms with Gasteiger partial charge in [-0.15, -0.1) is 0 Å². The van der Waals surface area contributed by atoms with E-state index in [1.54, 1.807) is 0 Å². The van der Waals surface area contributed by atoms with Gasteiger partial charge in [0.1, 0.15) is 0 Å². The fourth-order valence-corrected chi connectivity index (χ4v) is 1.31. The van der Waals surface area contributed by atoms with Gasteiger partial charge in [0.25, 0.3) is 0 Å². The minimum atomic E-state index is 1.08. The van der Waals surface area contributed by atoms with Gasteiger partial charge in [0.05, 0.1) is 0 Å². The lowest BCUT2D eigenvalue weighted by molar-refractivity contribution is 0.931. The predicted octanol–water partition coefficient (Wildman–Crippen LogP) is 2.72. The maximum atomic E-state index is 4.14. The number of alkyl halides is 1. The average molecular weight is 214 g/mol. The molecule has 1 heterocycles. The lowest BCUT2D eigenvalue weighted by Gasteiger charge is -1.98. The van der Waals surface area contributed by atoms with Crippen molar-refractivity contribution in [3.05, 3.63) is 29.6 Å². The number of halogens is 1. The molecule has 0 aliphatic carbocycles. The largest absolute Gasteiger partial charge is 0.262 e. The molecule has 1 rings (SSSR count). The number of rotatable bonds is 3. The van der Waals surface area contributed by atoms with Crippen LogP contribution >= 0.6 is 15.9 Å². The van der Waals surface area contributed by atoms with Gasteiger partial charge in [-0.3, -0.25) is 4.98 Å². The van der Waals surface area contributed by atoms with Gasteiger partial charge >= 0.3 is 0 Å². The fourth-order valence-electron chi connectivity index (χ4n) is 1.03. The number of hydrogen-bond acceptors (Lipinski definition) is 1. The second kappa shape index (κ2) is 4.50. The van der Waals surface area contributed by atoms with E-state index in [4.69, 9.17) is 0 Å². The van der Waals surface area contributed by atoms with Crippen LogP contribution in [0.25, 0.3) is 0 Å². The Labute approximate surface area is 76.0 Å². The van der Waals surface area contributed by atoms with E-state index in [0.29, 0.717) is 0 Å². The van der Waals surface area contributed by atoms with E-state index in [-0.39, 0.29) is 0 Å². The van der Waals surface area contributed by atoms with Gasteiger partial charge in [0, 0.05) is 17.2 Å². The average Bonchev–Trinajstić information content (AvgIpc) is 2.01. The van der Waals surface area contributed by atoms with E-state index < -0.39 is 0 Å². The molecule has 0 spiro atoms. The van der Waals surface area contributed by atoms with E-state index in [1.807, 2.05) is 13.1 Å². The van der Waals surface area contributed by atoms with Gasteiger partial charge in [-0.1, -0.05) is 15.9 Å². The first kappa shape index (κ1) is 8.72. The molecule has 0 aliphatic heterocycles. The Bertz CT molecular complexity index is 223. The predicted molar refractivity (Wildman–Crippen MR) is 51.1 cm³/mol. The van der Waals surface area contributed by atoms with Gasteiger partial charge in [-0.2, -0.15) is 0 Å². The van der Waals surface area contributed by atoms with Gasteiger partial charge < -0.3 is 0 Å². The summed E-state index contributed by atoms with van der Waals surface area (Å²) < 4.78 is 0. The molecule has 1 nitrogen and oxygen atoms in total. The molecule has 11 heavy (non-hydrogen) atoms. The highest BCUT2D eigenvalue weighted by Gasteiger charge is 1.92. The molecule has 1 aromatic rings. The van der Waals surface area contributed by atoms with Crippen LogP contribution in [0.15, 0.2) is 18.3 Å². The van der Waals surface area contributed by atoms with Crippen molar-refractivity contribution in [1.82, 2.24) is 4.98 Å². The Morgan fingerprint density at radius 3 is 3.00 bits per heavy atom. The molecule has 0 saturated carbocycles. The minimum Gasteiger partial charge on any atom is -0.262 e. The molecule has 0 fully saturated rings. The zero-order valence-electron chi connectivity index (χ0n) is 6.68. The minimum absolute atomic E-state index is 1.08. The van der Waals surface area contributed by atoms with Crippen molar-refractivity contribution in [2.45, 2.75) is 19.8 Å². The molecule has 60 valence electrons. The summed E-state index contributed by atoms with van der Waals surface area (Å²) in [6, 6.07) is 4.22. The zero-order valence-corrected chi connectivity index (χ0v) is 8.26. The second-order valence-electron chi connectivity index (χ2n) is 2.60. The summed E-state index contributed by atoms with van der Waals surface area (Å²) >= 11 is 3.41. The molecule has 0 radical (unpaired) electrons. The van der Waals surface area contributed by atoms with Crippen molar-refractivity contribution in [2.75, 3.05) is 5.33 Å². The summed E-state index contributed by atoms with van der Waals surface area (Å²) in [4.78, 5) is 4.14. The van der Waals surface area contributed by atoms with E-state index in [1.165, 1.54) is 12.0 Å². The van der Waals surface area contributed by atoms with Crippen LogP contribution in [-0.4, -0.2) is 10.3 Å². The van der Waals surface area contributed by atoms with Crippen molar-refractivity contribution >= 4 is 15.9 Å². The maximum Gasteiger partial charge on any atom is 0.0375 e. The van der Waals surface area contributed by atoms with E-state index in [0.717, 1.165) is 17.4 Å². The molecule has 0 aromatic carbocycles. The molecule has 2 heteroatoms. The third-order valence-corrected chi connectivity index (χ3v) is 2.12. The van der Waals surface area contributed by atoms with Gasteiger partial charge in [0.2, 0.25) is 0 Å². The molecular weight excluding hydrogens is 202 g/mol. The van der Waals surface area contributed by atoms with Gasteiger partial charge in [0.15, 0.2) is 0 Å². The summed E-state index contributed by atoms with van der Waals surface area (Å²) in [5.41, 5.74) is 2.49. The van der Waals surface area contributed by atoms with Crippen LogP contribution in [0.1, 0.15) is 17.7 Å². The molecule has 0 bridgehead atoms. The number of aryl methyl sites for hydroxylation is 2. The van der Waals surface area contributed by atoms with Crippen molar-refractivity contribution in [3.63, 3.8) is 0 Å². The summed E-state index contributed by atoms with van der Waals surface area (Å²) in [5.74, 6) is 0. The molecule has 0 aliphatic rings. The fraction of sp³-hybridized carbons (Fsp3) is 0.444. The quantitative estimate of drug-likeness (QED) is 0.705. The van der Waals surface area contributed by atoms with Crippen LogP contribution in [0.4, 0.5) is 0 Å². The lowest BCUT2D eigenvalue weighted by Crippen LogP contribution is -1.88. The molecular formula is C9H12BrN. The van der Waals surface area contributed by atoms with E-state index in [9.17, 15) is 0 Å². The van der Waals surface area contributed by atoms with Gasteiger partial charge in [-0.05, 0) is 37.5 Å². The molecule has 0 amide bonds. The van der Waals surface area contributed by atoms with Crippen LogP contribution in [0, 0.1) is 6.92 Å². The SMILES string of the molecule is Cc1cc(CCCBr)ccn1. The standard InChI is InChI=1S/C9H12BrN/c1-8-7-9(3-2-5-10)4-6-11-8/h4,6-7H,2-3,5H2,1H3. The third-order valence-electron chi connectivity index (χ3n) is 1.56. The van der Waals surface area contributed by atoms with Crippen molar-refractivity contribution in [2.24, 2.45) is 0 Å². The first-order valence-corrected chi connectivity index (χ1v) is 4.92. The molecule has 1 aromatic heterocycles. The van der Waals surface area contributed by atoms with Crippen molar-refractivity contribution in [1.29, 1.82) is 0 Å². The number of hydrogen-bond donors (Lipinski definition) is 0. The molecule has 0 unspecified atom stereocenters. The highest BCUT2D eigenvalue weighted by Crippen LogP contribution is 2.04. The monoisotopic (exact) mass is 213 g/mol. The summed E-state index contributed by atoms with van der Waals surface area (Å²) in [6.45, 7) is 2.03. The highest BCUT2D eigenvalue weighted by atomic mass is 79.9. The molecule has 0 atom stereocenters. The van der Waals surface area contributed by atoms with Crippen LogP contribution in [-0.2, 0) is 6.42 Å².